The van der Waals surface area contributed by atoms with E-state index in [4.69, 9.17) is 33.2 Å². The first kappa shape index (κ1) is 19.0. The average molecular weight is 411 g/mol. The molecule has 0 spiro atoms. The summed E-state index contributed by atoms with van der Waals surface area (Å²) in [4.78, 5) is 0.0429. The van der Waals surface area contributed by atoms with Crippen LogP contribution in [-0.4, -0.2) is 32.4 Å². The van der Waals surface area contributed by atoms with Gasteiger partial charge in [-0.25, -0.2) is 8.42 Å². The van der Waals surface area contributed by atoms with Crippen molar-refractivity contribution in [2.75, 3.05) is 19.7 Å². The van der Waals surface area contributed by atoms with Crippen LogP contribution in [0.1, 0.15) is 12.5 Å². The van der Waals surface area contributed by atoms with Crippen LogP contribution in [0, 0.1) is 16.7 Å². The minimum Gasteiger partial charge on any atom is -0.492 e. The third kappa shape index (κ3) is 3.67. The summed E-state index contributed by atoms with van der Waals surface area (Å²) in [6.07, 6.45) is 0. The van der Waals surface area contributed by atoms with Crippen molar-refractivity contribution in [2.24, 2.45) is 5.41 Å². The molecule has 0 unspecified atom stereocenters. The Morgan fingerprint density at radius 1 is 1.23 bits per heavy atom. The number of sulfonamides is 1. The van der Waals surface area contributed by atoms with Gasteiger partial charge in [0.15, 0.2) is 0 Å². The number of para-hydroxylation sites is 1. The Balaban J connectivity index is 1.68. The van der Waals surface area contributed by atoms with Crippen LogP contribution in [0.15, 0.2) is 47.4 Å². The van der Waals surface area contributed by atoms with Gasteiger partial charge in [-0.3, -0.25) is 0 Å². The Bertz CT molecular complexity index is 980. The Labute approximate surface area is 162 Å². The molecule has 0 N–H and O–H groups in total. The molecule has 1 aliphatic heterocycles. The molecule has 26 heavy (non-hydrogen) atoms. The van der Waals surface area contributed by atoms with Crippen LogP contribution in [0.2, 0.25) is 10.0 Å². The fourth-order valence-electron chi connectivity index (χ4n) is 2.83. The Morgan fingerprint density at radius 3 is 2.58 bits per heavy atom. The van der Waals surface area contributed by atoms with E-state index in [0.717, 1.165) is 0 Å². The van der Waals surface area contributed by atoms with Gasteiger partial charge in [0.25, 0.3) is 0 Å². The Hall–Kier alpha value is -1.78. The van der Waals surface area contributed by atoms with Gasteiger partial charge in [-0.15, -0.1) is 0 Å². The maximum absolute atomic E-state index is 12.7. The van der Waals surface area contributed by atoms with Gasteiger partial charge in [0, 0.05) is 23.5 Å². The maximum Gasteiger partial charge on any atom is 0.244 e. The van der Waals surface area contributed by atoms with Crippen LogP contribution in [0.3, 0.4) is 0 Å². The van der Waals surface area contributed by atoms with E-state index in [0.29, 0.717) is 36.0 Å². The van der Waals surface area contributed by atoms with Gasteiger partial charge in [0.2, 0.25) is 10.0 Å². The summed E-state index contributed by atoms with van der Waals surface area (Å²) >= 11 is 11.9. The summed E-state index contributed by atoms with van der Waals surface area (Å²) in [5.74, 6) is 0.498. The number of hydrogen-bond donors (Lipinski definition) is 0. The molecule has 136 valence electrons. The third-order valence-corrected chi connectivity index (χ3v) is 6.72. The minimum absolute atomic E-state index is 0.0429. The van der Waals surface area contributed by atoms with Gasteiger partial charge >= 0.3 is 0 Å². The van der Waals surface area contributed by atoms with Crippen molar-refractivity contribution < 1.29 is 13.2 Å². The van der Waals surface area contributed by atoms with Crippen molar-refractivity contribution >= 4 is 33.2 Å². The van der Waals surface area contributed by atoms with Gasteiger partial charge in [0.1, 0.15) is 16.7 Å². The van der Waals surface area contributed by atoms with Crippen LogP contribution in [0.25, 0.3) is 0 Å². The molecule has 1 fully saturated rings. The maximum atomic E-state index is 12.7. The Kier molecular flexibility index (Phi) is 5.18. The van der Waals surface area contributed by atoms with E-state index in [2.05, 4.69) is 6.07 Å². The van der Waals surface area contributed by atoms with E-state index >= 15 is 0 Å². The summed E-state index contributed by atoms with van der Waals surface area (Å²) in [5.41, 5.74) is 0.113. The van der Waals surface area contributed by atoms with Gasteiger partial charge in [-0.05, 0) is 30.3 Å². The van der Waals surface area contributed by atoms with Gasteiger partial charge in [0.05, 0.1) is 17.2 Å². The number of nitriles is 1. The average Bonchev–Trinajstić information content (AvgIpc) is 2.57. The minimum atomic E-state index is -3.68. The molecular weight excluding hydrogens is 395 g/mol. The highest BCUT2D eigenvalue weighted by Gasteiger charge is 2.46. The van der Waals surface area contributed by atoms with E-state index in [1.54, 1.807) is 24.3 Å². The largest absolute Gasteiger partial charge is 0.492 e. The van der Waals surface area contributed by atoms with Crippen LogP contribution in [-0.2, 0) is 10.0 Å². The number of benzene rings is 2. The van der Waals surface area contributed by atoms with Crippen LogP contribution in [0.5, 0.6) is 5.75 Å². The standard InChI is InChI=1S/C18H16Cl2N2O3S/c1-18(12-25-16-5-3-2-4-13(16)9-21)10-22(11-18)26(23,24)17-7-6-14(19)8-15(17)20/h2-8H,10-12H2,1H3. The lowest BCUT2D eigenvalue weighted by Gasteiger charge is -2.46. The zero-order chi connectivity index (χ0) is 18.9. The molecule has 0 aromatic heterocycles. The molecular formula is C18H16Cl2N2O3S. The van der Waals surface area contributed by atoms with Gasteiger partial charge in [-0.1, -0.05) is 42.3 Å². The number of rotatable bonds is 5. The van der Waals surface area contributed by atoms with Crippen molar-refractivity contribution in [3.8, 4) is 11.8 Å². The van der Waals surface area contributed by atoms with E-state index in [9.17, 15) is 8.42 Å². The molecule has 1 aliphatic rings. The van der Waals surface area contributed by atoms with Crippen molar-refractivity contribution in [2.45, 2.75) is 11.8 Å². The molecule has 0 atom stereocenters. The number of halogens is 2. The normalized spacial score (nSPS) is 16.5. The molecule has 0 radical (unpaired) electrons. The number of hydrogen-bond acceptors (Lipinski definition) is 4. The highest BCUT2D eigenvalue weighted by atomic mass is 35.5. The van der Waals surface area contributed by atoms with Crippen molar-refractivity contribution in [3.63, 3.8) is 0 Å². The SMILES string of the molecule is CC1(COc2ccccc2C#N)CN(S(=O)(=O)c2ccc(Cl)cc2Cl)C1. The monoisotopic (exact) mass is 410 g/mol. The van der Waals surface area contributed by atoms with Crippen LogP contribution in [0.4, 0.5) is 0 Å². The summed E-state index contributed by atoms with van der Waals surface area (Å²) in [6, 6.07) is 13.4. The molecule has 0 bridgehead atoms. The summed E-state index contributed by atoms with van der Waals surface area (Å²) in [7, 11) is -3.68. The molecule has 3 rings (SSSR count). The van der Waals surface area contributed by atoms with Crippen LogP contribution < -0.4 is 4.74 Å². The van der Waals surface area contributed by atoms with E-state index < -0.39 is 10.0 Å². The first-order valence-electron chi connectivity index (χ1n) is 7.82. The molecule has 1 heterocycles. The molecule has 0 saturated carbocycles. The molecule has 2 aromatic carbocycles. The second-order valence-corrected chi connectivity index (χ2v) is 9.31. The quantitative estimate of drug-likeness (QED) is 0.747. The first-order valence-corrected chi connectivity index (χ1v) is 10.0. The topological polar surface area (TPSA) is 70.4 Å². The molecule has 1 saturated heterocycles. The van der Waals surface area contributed by atoms with Crippen molar-refractivity contribution in [1.82, 2.24) is 4.31 Å². The lowest BCUT2D eigenvalue weighted by Crippen LogP contribution is -2.59. The number of ether oxygens (including phenoxy) is 1. The molecule has 2 aromatic rings. The highest BCUT2D eigenvalue weighted by molar-refractivity contribution is 7.89. The van der Waals surface area contributed by atoms with Crippen LogP contribution >= 0.6 is 23.2 Å². The fraction of sp³-hybridized carbons (Fsp3) is 0.278. The predicted molar refractivity (Wildman–Crippen MR) is 100.0 cm³/mol. The smallest absolute Gasteiger partial charge is 0.244 e. The molecule has 0 aliphatic carbocycles. The molecule has 0 amide bonds. The van der Waals surface area contributed by atoms with E-state index in [1.165, 1.54) is 22.5 Å². The fourth-order valence-corrected chi connectivity index (χ4v) is 5.31. The lowest BCUT2D eigenvalue weighted by atomic mass is 9.85. The van der Waals surface area contributed by atoms with Gasteiger partial charge in [-0.2, -0.15) is 9.57 Å². The third-order valence-electron chi connectivity index (χ3n) is 4.21. The second kappa shape index (κ2) is 7.09. The van der Waals surface area contributed by atoms with Crippen molar-refractivity contribution in [3.05, 3.63) is 58.1 Å². The summed E-state index contributed by atoms with van der Waals surface area (Å²) < 4.78 is 32.6. The summed E-state index contributed by atoms with van der Waals surface area (Å²) in [6.45, 7) is 2.87. The molecule has 5 nitrogen and oxygen atoms in total. The first-order chi connectivity index (χ1) is 12.2. The Morgan fingerprint density at radius 2 is 1.92 bits per heavy atom. The molecule has 8 heteroatoms. The zero-order valence-corrected chi connectivity index (χ0v) is 16.3. The summed E-state index contributed by atoms with van der Waals surface area (Å²) in [5, 5.41) is 9.58. The van der Waals surface area contributed by atoms with E-state index in [-0.39, 0.29) is 15.3 Å². The van der Waals surface area contributed by atoms with E-state index in [1.807, 2.05) is 6.92 Å². The lowest BCUT2D eigenvalue weighted by molar-refractivity contribution is 0.0359. The zero-order valence-electron chi connectivity index (χ0n) is 13.9. The predicted octanol–water partition coefficient (Wildman–Crippen LogP) is 3.95. The van der Waals surface area contributed by atoms with Gasteiger partial charge < -0.3 is 4.74 Å². The number of nitrogens with zero attached hydrogens (tertiary/aromatic N) is 2. The van der Waals surface area contributed by atoms with Crippen molar-refractivity contribution in [1.29, 1.82) is 5.26 Å². The second-order valence-electron chi connectivity index (χ2n) is 6.56. The highest BCUT2D eigenvalue weighted by Crippen LogP contribution is 2.37.